The number of nitrogens with two attached hydrogens (primary N) is 1. The number of aliphatic hydroxyl groups excluding tert-OH is 1. The lowest BCUT2D eigenvalue weighted by Gasteiger charge is -1.71. The van der Waals surface area contributed by atoms with E-state index >= 15 is 0 Å². The molecule has 0 aliphatic carbocycles. The second-order valence-electron chi connectivity index (χ2n) is 0.959. The normalized spacial score (nSPS) is 7.50. The summed E-state index contributed by atoms with van der Waals surface area (Å²) in [5.74, 6) is 1.76. The molecule has 0 aromatic carbocycles. The monoisotopic (exact) mass is 155 g/mol. The molecule has 0 amide bonds. The number of hydrogen-bond acceptors (Lipinski definition) is 4. The number of hydrogen-bond donors (Lipinski definition) is 4. The summed E-state index contributed by atoms with van der Waals surface area (Å²) >= 11 is 7.69. The van der Waals surface area contributed by atoms with Gasteiger partial charge in [-0.2, -0.15) is 25.3 Å². The van der Waals surface area contributed by atoms with E-state index in [9.17, 15) is 0 Å². The third-order valence-corrected chi connectivity index (χ3v) is 1.03. The standard InChI is InChI=1S/C2H7NO.C2H6S2/c2*3-1-2-4/h4H,1-3H2;3-4H,1-2H2. The van der Waals surface area contributed by atoms with Crippen LogP contribution in [0.2, 0.25) is 0 Å². The minimum atomic E-state index is 0.0972. The Kier molecular flexibility index (Phi) is 22.3. The molecule has 0 radical (unpaired) electrons. The van der Waals surface area contributed by atoms with Crippen LogP contribution < -0.4 is 5.73 Å². The van der Waals surface area contributed by atoms with Crippen LogP contribution in [0, 0.1) is 0 Å². The summed E-state index contributed by atoms with van der Waals surface area (Å²) in [5.41, 5.74) is 4.78. The highest BCUT2D eigenvalue weighted by molar-refractivity contribution is 7.84. The van der Waals surface area contributed by atoms with E-state index in [0.29, 0.717) is 6.54 Å². The van der Waals surface area contributed by atoms with Gasteiger partial charge in [0.05, 0.1) is 6.61 Å². The third kappa shape index (κ3) is 30.5. The quantitative estimate of drug-likeness (QED) is 0.417. The van der Waals surface area contributed by atoms with Crippen molar-refractivity contribution in [1.82, 2.24) is 0 Å². The minimum absolute atomic E-state index is 0.0972. The molecule has 0 fully saturated rings. The van der Waals surface area contributed by atoms with Gasteiger partial charge in [0.25, 0.3) is 0 Å². The van der Waals surface area contributed by atoms with E-state index in [1.165, 1.54) is 0 Å². The maximum absolute atomic E-state index is 7.75. The average molecular weight is 155 g/mol. The van der Waals surface area contributed by atoms with E-state index in [2.05, 4.69) is 25.3 Å². The van der Waals surface area contributed by atoms with E-state index in [4.69, 9.17) is 10.8 Å². The van der Waals surface area contributed by atoms with Gasteiger partial charge in [0.15, 0.2) is 0 Å². The lowest BCUT2D eigenvalue weighted by atomic mass is 10.8. The van der Waals surface area contributed by atoms with Gasteiger partial charge < -0.3 is 10.8 Å². The zero-order valence-electron chi connectivity index (χ0n) is 4.75. The van der Waals surface area contributed by atoms with Crippen LogP contribution in [0.1, 0.15) is 0 Å². The van der Waals surface area contributed by atoms with Gasteiger partial charge in [-0.1, -0.05) is 0 Å². The first-order valence-corrected chi connectivity index (χ1v) is 3.62. The Hall–Kier alpha value is 0.620. The molecule has 0 aromatic rings. The maximum Gasteiger partial charge on any atom is 0.0553 e. The van der Waals surface area contributed by atoms with Crippen LogP contribution in [0.5, 0.6) is 0 Å². The molecule has 0 heterocycles. The fourth-order valence-corrected chi connectivity index (χ4v) is 0. The van der Waals surface area contributed by atoms with Crippen molar-refractivity contribution in [3.8, 4) is 0 Å². The molecule has 0 atom stereocenters. The van der Waals surface area contributed by atoms with Crippen LogP contribution in [0.15, 0.2) is 0 Å². The second-order valence-corrected chi connectivity index (χ2v) is 1.85. The van der Waals surface area contributed by atoms with Gasteiger partial charge in [0.1, 0.15) is 0 Å². The third-order valence-electron chi connectivity index (χ3n) is 0.229. The van der Waals surface area contributed by atoms with Crippen molar-refractivity contribution in [1.29, 1.82) is 0 Å². The summed E-state index contributed by atoms with van der Waals surface area (Å²) in [7, 11) is 0. The highest BCUT2D eigenvalue weighted by Gasteiger charge is 1.57. The second kappa shape index (κ2) is 15.6. The van der Waals surface area contributed by atoms with Crippen molar-refractivity contribution in [2.45, 2.75) is 0 Å². The summed E-state index contributed by atoms with van der Waals surface area (Å²) in [5, 5.41) is 7.75. The lowest BCUT2D eigenvalue weighted by molar-refractivity contribution is 0.306. The van der Waals surface area contributed by atoms with E-state index in [1.54, 1.807) is 0 Å². The van der Waals surface area contributed by atoms with Crippen molar-refractivity contribution in [2.75, 3.05) is 24.7 Å². The maximum atomic E-state index is 7.75. The Labute approximate surface area is 61.3 Å². The lowest BCUT2D eigenvalue weighted by Crippen LogP contribution is -2.02. The van der Waals surface area contributed by atoms with Crippen LogP contribution in [-0.4, -0.2) is 29.8 Å². The Morgan fingerprint density at radius 3 is 1.50 bits per heavy atom. The van der Waals surface area contributed by atoms with Crippen molar-refractivity contribution >= 4 is 25.3 Å². The Morgan fingerprint density at radius 1 is 1.25 bits per heavy atom. The van der Waals surface area contributed by atoms with Gasteiger partial charge in [-0.15, -0.1) is 0 Å². The molecular formula is C4H13NOS2. The van der Waals surface area contributed by atoms with E-state index in [-0.39, 0.29) is 6.61 Å². The van der Waals surface area contributed by atoms with Gasteiger partial charge in [-0.25, -0.2) is 0 Å². The first-order valence-electron chi connectivity index (χ1n) is 2.36. The van der Waals surface area contributed by atoms with Crippen molar-refractivity contribution in [3.05, 3.63) is 0 Å². The van der Waals surface area contributed by atoms with Crippen LogP contribution in [-0.2, 0) is 0 Å². The van der Waals surface area contributed by atoms with Crippen molar-refractivity contribution < 1.29 is 5.11 Å². The molecule has 0 saturated heterocycles. The van der Waals surface area contributed by atoms with Crippen LogP contribution in [0.25, 0.3) is 0 Å². The van der Waals surface area contributed by atoms with E-state index < -0.39 is 0 Å². The average Bonchev–Trinajstić information content (AvgIpc) is 1.88. The van der Waals surface area contributed by atoms with E-state index in [0.717, 1.165) is 11.5 Å². The Balaban J connectivity index is 0. The number of aliphatic hydroxyl groups is 1. The largest absolute Gasteiger partial charge is 0.395 e. The van der Waals surface area contributed by atoms with E-state index in [1.807, 2.05) is 0 Å². The first kappa shape index (κ1) is 11.4. The van der Waals surface area contributed by atoms with Crippen molar-refractivity contribution in [2.24, 2.45) is 5.73 Å². The van der Waals surface area contributed by atoms with Gasteiger partial charge in [-0.3, -0.25) is 0 Å². The summed E-state index contributed by atoms with van der Waals surface area (Å²) in [6.07, 6.45) is 0. The van der Waals surface area contributed by atoms with Crippen LogP contribution in [0.3, 0.4) is 0 Å². The number of rotatable bonds is 2. The molecule has 3 N–H and O–H groups in total. The van der Waals surface area contributed by atoms with Gasteiger partial charge >= 0.3 is 0 Å². The molecule has 0 bridgehead atoms. The van der Waals surface area contributed by atoms with Gasteiger partial charge in [0, 0.05) is 6.54 Å². The fourth-order valence-electron chi connectivity index (χ4n) is 0. The summed E-state index contributed by atoms with van der Waals surface area (Å²) in [6.45, 7) is 0.472. The van der Waals surface area contributed by atoms with Crippen molar-refractivity contribution in [3.63, 3.8) is 0 Å². The highest BCUT2D eigenvalue weighted by Crippen LogP contribution is 1.73. The molecule has 0 saturated carbocycles. The smallest absolute Gasteiger partial charge is 0.0553 e. The fraction of sp³-hybridized carbons (Fsp3) is 1.00. The molecule has 0 aliphatic rings. The highest BCUT2D eigenvalue weighted by atomic mass is 32.1. The van der Waals surface area contributed by atoms with Crippen LogP contribution in [0.4, 0.5) is 0 Å². The molecule has 8 heavy (non-hydrogen) atoms. The Morgan fingerprint density at radius 2 is 1.50 bits per heavy atom. The molecular weight excluding hydrogens is 142 g/mol. The SMILES string of the molecule is NCCO.SCCS. The van der Waals surface area contributed by atoms with Gasteiger partial charge in [-0.05, 0) is 11.5 Å². The van der Waals surface area contributed by atoms with Crippen LogP contribution >= 0.6 is 25.3 Å². The predicted molar refractivity (Wildman–Crippen MR) is 43.8 cm³/mol. The number of thiol groups is 2. The zero-order chi connectivity index (χ0) is 6.83. The molecule has 52 valence electrons. The summed E-state index contributed by atoms with van der Waals surface area (Å²) in [4.78, 5) is 0. The molecule has 0 aromatic heterocycles. The Bertz CT molecular complexity index is 22.0. The topological polar surface area (TPSA) is 46.2 Å². The zero-order valence-corrected chi connectivity index (χ0v) is 6.54. The predicted octanol–water partition coefficient (Wildman–Crippen LogP) is -0.217. The first-order chi connectivity index (χ1) is 3.83. The summed E-state index contributed by atoms with van der Waals surface area (Å²) in [6, 6.07) is 0. The molecule has 0 spiro atoms. The summed E-state index contributed by atoms with van der Waals surface area (Å²) < 4.78 is 0. The van der Waals surface area contributed by atoms with Gasteiger partial charge in [0.2, 0.25) is 0 Å². The molecule has 2 nitrogen and oxygen atoms in total. The molecule has 0 unspecified atom stereocenters. The molecule has 0 aliphatic heterocycles. The minimum Gasteiger partial charge on any atom is -0.395 e. The molecule has 0 rings (SSSR count). The molecule has 4 heteroatoms.